The van der Waals surface area contributed by atoms with Crippen LogP contribution in [-0.2, 0) is 16.1 Å². The molecule has 9 heteroatoms. The Bertz CT molecular complexity index is 869. The van der Waals surface area contributed by atoms with Crippen molar-refractivity contribution < 1.29 is 14.3 Å². The van der Waals surface area contributed by atoms with Crippen molar-refractivity contribution in [2.45, 2.75) is 25.0 Å². The number of halogens is 1. The van der Waals surface area contributed by atoms with Crippen molar-refractivity contribution >= 4 is 35.1 Å². The molecule has 140 valence electrons. The van der Waals surface area contributed by atoms with E-state index in [1.807, 2.05) is 30.3 Å². The predicted molar refractivity (Wildman–Crippen MR) is 99.5 cm³/mol. The third-order valence-electron chi connectivity index (χ3n) is 4.88. The molecule has 0 saturated carbocycles. The maximum atomic E-state index is 12.6. The molecule has 3 heterocycles. The number of nitrogens with zero attached hydrogens (tertiary/aromatic N) is 3. The zero-order valence-electron chi connectivity index (χ0n) is 14.4. The fraction of sp³-hybridized carbons (Fsp3) is 0.333. The lowest BCUT2D eigenvalue weighted by Gasteiger charge is -2.43. The number of carbonyl (C=O) groups is 2. The first kappa shape index (κ1) is 17.5. The van der Waals surface area contributed by atoms with E-state index < -0.39 is 5.54 Å². The van der Waals surface area contributed by atoms with Crippen molar-refractivity contribution in [1.29, 1.82) is 0 Å². The summed E-state index contributed by atoms with van der Waals surface area (Å²) in [6.07, 6.45) is 0.538. The molecule has 2 N–H and O–H groups in total. The van der Waals surface area contributed by atoms with E-state index in [-0.39, 0.29) is 23.8 Å². The summed E-state index contributed by atoms with van der Waals surface area (Å²) in [4.78, 5) is 26.5. The molecular formula is C18H18ClN5O3. The van der Waals surface area contributed by atoms with Crippen LogP contribution in [0, 0.1) is 0 Å². The predicted octanol–water partition coefficient (Wildman–Crippen LogP) is 2.67. The molecule has 1 aromatic heterocycles. The summed E-state index contributed by atoms with van der Waals surface area (Å²) >= 11 is 5.89. The van der Waals surface area contributed by atoms with Crippen LogP contribution in [0.25, 0.3) is 0 Å². The van der Waals surface area contributed by atoms with Crippen LogP contribution in [-0.4, -0.2) is 45.7 Å². The molecule has 0 bridgehead atoms. The highest BCUT2D eigenvalue weighted by Gasteiger charge is 2.45. The van der Waals surface area contributed by atoms with Gasteiger partial charge in [0.2, 0.25) is 0 Å². The Morgan fingerprint density at radius 1 is 1.22 bits per heavy atom. The summed E-state index contributed by atoms with van der Waals surface area (Å²) in [6, 6.07) is 11.1. The van der Waals surface area contributed by atoms with Gasteiger partial charge in [-0.05, 0) is 18.4 Å². The summed E-state index contributed by atoms with van der Waals surface area (Å²) in [5.74, 6) is 0.184. The Morgan fingerprint density at radius 3 is 2.70 bits per heavy atom. The number of aromatic nitrogens is 2. The van der Waals surface area contributed by atoms with Gasteiger partial charge in [-0.15, -0.1) is 10.2 Å². The van der Waals surface area contributed by atoms with E-state index in [0.717, 1.165) is 5.56 Å². The molecule has 2 aromatic rings. The average Bonchev–Trinajstić information content (AvgIpc) is 2.69. The van der Waals surface area contributed by atoms with Crippen LogP contribution < -0.4 is 10.6 Å². The fourth-order valence-electron chi connectivity index (χ4n) is 3.33. The number of carbonyl (C=O) groups excluding carboxylic acids is 2. The van der Waals surface area contributed by atoms with Crippen LogP contribution in [0.15, 0.2) is 36.4 Å². The lowest BCUT2D eigenvalue weighted by Crippen LogP contribution is -2.59. The molecule has 0 aliphatic carbocycles. The van der Waals surface area contributed by atoms with Gasteiger partial charge in [0.05, 0.1) is 5.69 Å². The second-order valence-corrected chi connectivity index (χ2v) is 7.01. The molecule has 1 fully saturated rings. The van der Waals surface area contributed by atoms with Crippen molar-refractivity contribution in [2.75, 3.05) is 23.7 Å². The van der Waals surface area contributed by atoms with E-state index in [0.29, 0.717) is 37.4 Å². The Kier molecular flexibility index (Phi) is 4.57. The number of anilines is 2. The van der Waals surface area contributed by atoms with E-state index in [4.69, 9.17) is 16.3 Å². The fourth-order valence-corrected chi connectivity index (χ4v) is 3.48. The minimum absolute atomic E-state index is 0.177. The highest BCUT2D eigenvalue weighted by Crippen LogP contribution is 2.36. The maximum absolute atomic E-state index is 12.6. The first-order chi connectivity index (χ1) is 13.1. The number of benzene rings is 1. The highest BCUT2D eigenvalue weighted by atomic mass is 35.5. The van der Waals surface area contributed by atoms with Crippen LogP contribution in [0.2, 0.25) is 5.15 Å². The van der Waals surface area contributed by atoms with E-state index >= 15 is 0 Å². The van der Waals surface area contributed by atoms with Gasteiger partial charge < -0.3 is 20.3 Å². The quantitative estimate of drug-likeness (QED) is 0.822. The largest absolute Gasteiger partial charge is 0.445 e. The normalized spacial score (nSPS) is 17.7. The topological polar surface area (TPSA) is 96.4 Å². The molecule has 4 rings (SSSR count). The van der Waals surface area contributed by atoms with Crippen molar-refractivity contribution in [2.24, 2.45) is 0 Å². The molecule has 27 heavy (non-hydrogen) atoms. The molecule has 8 nitrogen and oxygen atoms in total. The van der Waals surface area contributed by atoms with Gasteiger partial charge in [0, 0.05) is 19.2 Å². The molecule has 1 aromatic carbocycles. The van der Waals surface area contributed by atoms with Crippen molar-refractivity contribution in [3.63, 3.8) is 0 Å². The van der Waals surface area contributed by atoms with E-state index in [2.05, 4.69) is 20.8 Å². The van der Waals surface area contributed by atoms with Crippen molar-refractivity contribution in [3.8, 4) is 0 Å². The Morgan fingerprint density at radius 2 is 1.96 bits per heavy atom. The second kappa shape index (κ2) is 7.03. The lowest BCUT2D eigenvalue weighted by molar-refractivity contribution is -0.122. The number of rotatable bonds is 2. The van der Waals surface area contributed by atoms with Crippen LogP contribution >= 0.6 is 11.6 Å². The monoisotopic (exact) mass is 387 g/mol. The van der Waals surface area contributed by atoms with Gasteiger partial charge in [0.15, 0.2) is 11.0 Å². The molecule has 2 aliphatic rings. The maximum Gasteiger partial charge on any atom is 0.410 e. The molecule has 0 unspecified atom stereocenters. The number of hydrogen-bond donors (Lipinski definition) is 2. The number of ether oxygens (including phenoxy) is 1. The first-order valence-electron chi connectivity index (χ1n) is 8.64. The zero-order valence-corrected chi connectivity index (χ0v) is 15.2. The third-order valence-corrected chi connectivity index (χ3v) is 5.07. The standard InChI is InChI=1S/C18H18ClN5O3/c19-14-10-13-15(23-22-14)20-16(25)18(21-13)6-8-24(9-7-18)17(26)27-11-12-4-2-1-3-5-12/h1-5,10,21H,6-9,11H2,(H,20,23,25). The second-order valence-electron chi connectivity index (χ2n) is 6.62. The van der Waals surface area contributed by atoms with Crippen LogP contribution in [0.3, 0.4) is 0 Å². The van der Waals surface area contributed by atoms with Gasteiger partial charge in [-0.1, -0.05) is 41.9 Å². The smallest absolute Gasteiger partial charge is 0.410 e. The molecule has 1 spiro atoms. The Hall–Kier alpha value is -2.87. The van der Waals surface area contributed by atoms with Gasteiger partial charge in [-0.25, -0.2) is 4.79 Å². The summed E-state index contributed by atoms with van der Waals surface area (Å²) in [5.41, 5.74) is 0.771. The van der Waals surface area contributed by atoms with E-state index in [1.54, 1.807) is 11.0 Å². The SMILES string of the molecule is O=C(OCc1ccccc1)N1CCC2(CC1)Nc1cc(Cl)nnc1NC2=O. The van der Waals surface area contributed by atoms with Crippen LogP contribution in [0.4, 0.5) is 16.3 Å². The average molecular weight is 388 g/mol. The molecule has 2 amide bonds. The van der Waals surface area contributed by atoms with Crippen molar-refractivity contribution in [1.82, 2.24) is 15.1 Å². The highest BCUT2D eigenvalue weighted by molar-refractivity contribution is 6.29. The Labute approximate surface area is 160 Å². The Balaban J connectivity index is 1.38. The minimum Gasteiger partial charge on any atom is -0.445 e. The summed E-state index contributed by atoms with van der Waals surface area (Å²) in [5, 5.41) is 13.9. The summed E-state index contributed by atoms with van der Waals surface area (Å²) < 4.78 is 5.37. The number of amides is 2. The van der Waals surface area contributed by atoms with Gasteiger partial charge in [-0.3, -0.25) is 4.79 Å². The van der Waals surface area contributed by atoms with Gasteiger partial charge in [-0.2, -0.15) is 0 Å². The number of likely N-dealkylation sites (tertiary alicyclic amines) is 1. The van der Waals surface area contributed by atoms with Crippen LogP contribution in [0.5, 0.6) is 0 Å². The van der Waals surface area contributed by atoms with E-state index in [9.17, 15) is 9.59 Å². The summed E-state index contributed by atoms with van der Waals surface area (Å²) in [6.45, 7) is 1.05. The molecule has 1 saturated heterocycles. The van der Waals surface area contributed by atoms with Crippen LogP contribution in [0.1, 0.15) is 18.4 Å². The summed E-state index contributed by atoms with van der Waals surface area (Å²) in [7, 11) is 0. The molecule has 0 atom stereocenters. The third kappa shape index (κ3) is 3.52. The lowest BCUT2D eigenvalue weighted by atomic mass is 9.85. The molecule has 2 aliphatic heterocycles. The molecular weight excluding hydrogens is 370 g/mol. The van der Waals surface area contributed by atoms with Gasteiger partial charge in [0.25, 0.3) is 5.91 Å². The number of nitrogens with one attached hydrogen (secondary N) is 2. The zero-order chi connectivity index (χ0) is 18.9. The number of fused-ring (bicyclic) bond motifs is 1. The van der Waals surface area contributed by atoms with Gasteiger partial charge in [0.1, 0.15) is 12.1 Å². The minimum atomic E-state index is -0.796. The molecule has 0 radical (unpaired) electrons. The first-order valence-corrected chi connectivity index (χ1v) is 9.02. The number of hydrogen-bond acceptors (Lipinski definition) is 6. The van der Waals surface area contributed by atoms with E-state index in [1.165, 1.54) is 0 Å². The van der Waals surface area contributed by atoms with Gasteiger partial charge >= 0.3 is 6.09 Å². The van der Waals surface area contributed by atoms with Crippen molar-refractivity contribution in [3.05, 3.63) is 47.1 Å². The number of piperidine rings is 1.